The summed E-state index contributed by atoms with van der Waals surface area (Å²) in [4.78, 5) is 80.0. The number of allylic oxidation sites excluding steroid dienone is 1. The number of rotatable bonds is 14. The van der Waals surface area contributed by atoms with Gasteiger partial charge in [-0.05, 0) is 97.3 Å². The number of nitrogens with zero attached hydrogens (tertiary/aromatic N) is 1. The molecule has 1 fully saturated rings. The van der Waals surface area contributed by atoms with Gasteiger partial charge in [-0.15, -0.1) is 0 Å². The van der Waals surface area contributed by atoms with Gasteiger partial charge in [-0.1, -0.05) is 86.9 Å². The van der Waals surface area contributed by atoms with E-state index in [-0.39, 0.29) is 47.7 Å². The Hall–Kier alpha value is -7.04. The number of nitrogens with one attached hydrogen (secondary N) is 5. The van der Waals surface area contributed by atoms with Crippen LogP contribution in [0.15, 0.2) is 96.1 Å². The molecule has 0 aromatic heterocycles. The van der Waals surface area contributed by atoms with Crippen molar-refractivity contribution in [3.05, 3.63) is 118 Å². The number of likely N-dealkylation sites (N-methyl/N-ethyl adjacent to an activating group) is 1. The number of amides is 6. The molecule has 1 saturated carbocycles. The molecule has 4 bridgehead atoms. The lowest BCUT2D eigenvalue weighted by atomic mass is 9.94. The van der Waals surface area contributed by atoms with E-state index in [1.807, 2.05) is 64.1 Å². The lowest BCUT2D eigenvalue weighted by molar-refractivity contribution is -0.139. The summed E-state index contributed by atoms with van der Waals surface area (Å²) in [5.74, 6) is -4.04. The van der Waals surface area contributed by atoms with Crippen molar-refractivity contribution in [1.29, 1.82) is 0 Å². The molecule has 16 nitrogen and oxygen atoms in total. The van der Waals surface area contributed by atoms with Crippen LogP contribution < -0.4 is 38.1 Å². The molecule has 1 aliphatic carbocycles. The van der Waals surface area contributed by atoms with E-state index in [2.05, 4.69) is 33.5 Å². The summed E-state index contributed by atoms with van der Waals surface area (Å²) in [5.41, 5.74) is 17.2. The molecule has 3 unspecified atom stereocenters. The van der Waals surface area contributed by atoms with Gasteiger partial charge in [0, 0.05) is 49.3 Å². The van der Waals surface area contributed by atoms with E-state index in [1.165, 1.54) is 37.7 Å². The minimum Gasteiger partial charge on any atom is -0.507 e. The van der Waals surface area contributed by atoms with Gasteiger partial charge < -0.3 is 53.2 Å². The molecule has 3 atom stereocenters. The standard InChI is InChI=1S/C44H47N7O8.C5H13N.C2H6/c1-25-3-6-27(7-4-25)28-10-12-30(13-11-28)42(57)49-24-40(56)51(2)41-31-14-16-37(53)34(19-31)33-17-26(5-15-36(33)52)18-35(50-39(55)23-48-44(41)59)43(58)47-21-32(29-8-9-29)20-46-22-38(45)54;1-3-4-5(2)6;1-2/h3-7,10-17,19,35,41,46,52-53H,8-9,18,20-24H2,1-2H3,(H2,45,54)(H,47,58)(H,48,59)(H,49,57)(H,50,55);5H,3-4,6H2,1-2H3;1-2H3. The van der Waals surface area contributed by atoms with Gasteiger partial charge in [0.05, 0.1) is 19.6 Å². The number of fused-ring (bicyclic) bond motifs is 5. The van der Waals surface area contributed by atoms with Crippen LogP contribution in [0.2, 0.25) is 0 Å². The minimum absolute atomic E-state index is 0.00639. The normalized spacial score (nSPS) is 15.6. The summed E-state index contributed by atoms with van der Waals surface area (Å²) >= 11 is 0. The van der Waals surface area contributed by atoms with Crippen LogP contribution in [0.4, 0.5) is 0 Å². The Morgan fingerprint density at radius 2 is 1.43 bits per heavy atom. The second-order valence-electron chi connectivity index (χ2n) is 16.5. The van der Waals surface area contributed by atoms with E-state index in [9.17, 15) is 39.0 Å². The Morgan fingerprint density at radius 1 is 0.821 bits per heavy atom. The molecule has 16 heteroatoms. The maximum atomic E-state index is 13.9. The molecular formula is C51H66N8O8. The zero-order valence-corrected chi connectivity index (χ0v) is 39.3. The predicted molar refractivity (Wildman–Crippen MR) is 260 cm³/mol. The SMILES string of the molecule is CC.CCCC(C)N.Cc1ccc(-c2ccc(C(=O)NCC(=O)N(C)C3C(=O)NCC(=O)NC(C(=O)NCC(CNCC(N)=O)=C4CC4)Cc4ccc(O)c(c4)-c4cc3ccc4O)cc2)cc1. The van der Waals surface area contributed by atoms with Gasteiger partial charge in [0.25, 0.3) is 5.91 Å². The topological polar surface area (TPSA) is 258 Å². The highest BCUT2D eigenvalue weighted by Gasteiger charge is 2.31. The predicted octanol–water partition coefficient (Wildman–Crippen LogP) is 4.27. The highest BCUT2D eigenvalue weighted by molar-refractivity contribution is 5.98. The molecule has 6 rings (SSSR count). The lowest BCUT2D eigenvalue weighted by Gasteiger charge is -2.29. The van der Waals surface area contributed by atoms with Gasteiger partial charge in [-0.3, -0.25) is 28.8 Å². The highest BCUT2D eigenvalue weighted by Crippen LogP contribution is 2.39. The quantitative estimate of drug-likeness (QED) is 0.0812. The maximum Gasteiger partial charge on any atom is 0.251 e. The number of primary amides is 1. The average molecular weight is 919 g/mol. The Morgan fingerprint density at radius 3 is 2.01 bits per heavy atom. The van der Waals surface area contributed by atoms with Crippen LogP contribution in [0.3, 0.4) is 0 Å². The number of hydrogen-bond acceptors (Lipinski definition) is 10. The van der Waals surface area contributed by atoms with Crippen LogP contribution in [0, 0.1) is 6.92 Å². The molecule has 1 aliphatic heterocycles. The molecule has 11 N–H and O–H groups in total. The number of carbonyl (C=O) groups excluding carboxylic acids is 6. The van der Waals surface area contributed by atoms with Crippen molar-refractivity contribution in [2.24, 2.45) is 11.5 Å². The number of phenolic OH excluding ortho intramolecular Hbond substituents is 2. The smallest absolute Gasteiger partial charge is 0.251 e. The first-order chi connectivity index (χ1) is 32.0. The second-order valence-corrected chi connectivity index (χ2v) is 16.5. The van der Waals surface area contributed by atoms with E-state index in [4.69, 9.17) is 11.5 Å². The molecule has 6 amide bonds. The third-order valence-corrected chi connectivity index (χ3v) is 11.0. The number of phenols is 2. The Bertz CT molecular complexity index is 2390. The van der Waals surface area contributed by atoms with Crippen molar-refractivity contribution in [3.63, 3.8) is 0 Å². The fourth-order valence-electron chi connectivity index (χ4n) is 7.29. The highest BCUT2D eigenvalue weighted by atomic mass is 16.3. The summed E-state index contributed by atoms with van der Waals surface area (Å²) < 4.78 is 0. The zero-order chi connectivity index (χ0) is 49.2. The maximum absolute atomic E-state index is 13.9. The van der Waals surface area contributed by atoms with E-state index in [0.717, 1.165) is 52.0 Å². The lowest BCUT2D eigenvalue weighted by Crippen LogP contribution is -2.52. The van der Waals surface area contributed by atoms with Gasteiger partial charge >= 0.3 is 0 Å². The van der Waals surface area contributed by atoms with Crippen molar-refractivity contribution < 1.29 is 39.0 Å². The molecule has 2 aliphatic rings. The third-order valence-electron chi connectivity index (χ3n) is 11.0. The number of aromatic hydroxyl groups is 2. The van der Waals surface area contributed by atoms with Crippen LogP contribution in [-0.2, 0) is 30.4 Å². The van der Waals surface area contributed by atoms with Crippen LogP contribution in [0.1, 0.15) is 86.5 Å². The summed E-state index contributed by atoms with van der Waals surface area (Å²) in [6, 6.07) is 21.6. The summed E-state index contributed by atoms with van der Waals surface area (Å²) in [6.45, 7) is 9.64. The average Bonchev–Trinajstić information content (AvgIpc) is 4.16. The first-order valence-electron chi connectivity index (χ1n) is 22.7. The Labute approximate surface area is 393 Å². The first-order valence-corrected chi connectivity index (χ1v) is 22.7. The summed E-state index contributed by atoms with van der Waals surface area (Å²) in [5, 5.41) is 35.7. The minimum atomic E-state index is -1.36. The van der Waals surface area contributed by atoms with Crippen LogP contribution in [0.5, 0.6) is 11.5 Å². The molecule has 0 radical (unpaired) electrons. The fourth-order valence-corrected chi connectivity index (χ4v) is 7.29. The number of aryl methyl sites for hydroxylation is 1. The summed E-state index contributed by atoms with van der Waals surface area (Å²) in [7, 11) is 1.37. The number of benzene rings is 4. The van der Waals surface area contributed by atoms with Crippen molar-refractivity contribution in [3.8, 4) is 33.8 Å². The number of hydrogen-bond donors (Lipinski definition) is 9. The monoisotopic (exact) mass is 919 g/mol. The zero-order valence-electron chi connectivity index (χ0n) is 39.3. The van der Waals surface area contributed by atoms with Gasteiger partial charge in [-0.2, -0.15) is 0 Å². The van der Waals surface area contributed by atoms with E-state index < -0.39 is 60.6 Å². The van der Waals surface area contributed by atoms with Gasteiger partial charge in [0.15, 0.2) is 0 Å². The number of nitrogens with two attached hydrogens (primary N) is 2. The van der Waals surface area contributed by atoms with Crippen molar-refractivity contribution in [2.45, 2.75) is 84.8 Å². The Kier molecular flexibility index (Phi) is 20.1. The van der Waals surface area contributed by atoms with Crippen molar-refractivity contribution in [2.75, 3.05) is 39.8 Å². The largest absolute Gasteiger partial charge is 0.507 e. The summed E-state index contributed by atoms with van der Waals surface area (Å²) in [6.07, 6.45) is 4.09. The van der Waals surface area contributed by atoms with Crippen molar-refractivity contribution >= 4 is 35.4 Å². The molecule has 0 spiro atoms. The fraction of sp³-hybridized carbons (Fsp3) is 0.373. The molecule has 4 aromatic carbocycles. The van der Waals surface area contributed by atoms with E-state index in [0.29, 0.717) is 23.7 Å². The molecule has 358 valence electrons. The Balaban J connectivity index is 0.00000113. The first kappa shape index (κ1) is 52.6. The molecule has 67 heavy (non-hydrogen) atoms. The number of carbonyl (C=O) groups is 6. The molecular weight excluding hydrogens is 853 g/mol. The molecule has 4 aromatic rings. The van der Waals surface area contributed by atoms with Gasteiger partial charge in [0.1, 0.15) is 23.6 Å². The van der Waals surface area contributed by atoms with Crippen LogP contribution in [0.25, 0.3) is 22.3 Å². The van der Waals surface area contributed by atoms with E-state index >= 15 is 0 Å². The molecule has 0 saturated heterocycles. The molecule has 1 heterocycles. The van der Waals surface area contributed by atoms with Crippen LogP contribution in [-0.4, -0.2) is 102 Å². The van der Waals surface area contributed by atoms with Crippen LogP contribution >= 0.6 is 0 Å². The van der Waals surface area contributed by atoms with E-state index in [1.54, 1.807) is 24.3 Å². The van der Waals surface area contributed by atoms with Gasteiger partial charge in [0.2, 0.25) is 29.5 Å². The van der Waals surface area contributed by atoms with Crippen molar-refractivity contribution in [1.82, 2.24) is 31.5 Å². The van der Waals surface area contributed by atoms with Gasteiger partial charge in [-0.25, -0.2) is 0 Å². The third kappa shape index (κ3) is 15.8. The second kappa shape index (κ2) is 25.6.